The van der Waals surface area contributed by atoms with Crippen molar-refractivity contribution in [2.45, 2.75) is 65.8 Å². The van der Waals surface area contributed by atoms with Crippen LogP contribution in [0.3, 0.4) is 0 Å². The summed E-state index contributed by atoms with van der Waals surface area (Å²) in [7, 11) is 0. The topological polar surface area (TPSA) is 78.8 Å². The number of fused-ring (bicyclic) bond motifs is 2. The van der Waals surface area contributed by atoms with E-state index in [2.05, 4.69) is 26.1 Å². The van der Waals surface area contributed by atoms with Crippen LogP contribution in [0, 0.1) is 22.7 Å². The molecule has 1 N–H and O–H groups in total. The molecule has 1 aliphatic heterocycles. The molecule has 0 aromatic rings. The molecule has 0 unspecified atom stereocenters. The van der Waals surface area contributed by atoms with Gasteiger partial charge in [-0.3, -0.25) is 24.8 Å². The summed E-state index contributed by atoms with van der Waals surface area (Å²) in [6.07, 6.45) is 6.49. The molecular formula is C19H29N3O3. The van der Waals surface area contributed by atoms with Crippen LogP contribution in [0.4, 0.5) is 4.79 Å². The molecule has 2 bridgehead atoms. The lowest BCUT2D eigenvalue weighted by molar-refractivity contribution is -0.139. The Bertz CT molecular complexity index is 627. The number of hydrogen-bond acceptors (Lipinski definition) is 4. The SMILES string of the molecule is CCCCN1C(=O)NC(=O)[C@@H](C=N[C@@H]2C[C@H]3CC[C@]2(C)C3(C)C)C1=O. The van der Waals surface area contributed by atoms with Crippen LogP contribution >= 0.6 is 0 Å². The minimum absolute atomic E-state index is 0.111. The van der Waals surface area contributed by atoms with E-state index in [4.69, 9.17) is 4.99 Å². The highest BCUT2D eigenvalue weighted by atomic mass is 16.2. The van der Waals surface area contributed by atoms with Crippen LogP contribution in [0.25, 0.3) is 0 Å². The van der Waals surface area contributed by atoms with Gasteiger partial charge < -0.3 is 0 Å². The fourth-order valence-corrected chi connectivity index (χ4v) is 4.87. The fraction of sp³-hybridized carbons (Fsp3) is 0.789. The highest BCUT2D eigenvalue weighted by Crippen LogP contribution is 2.66. The molecule has 1 saturated heterocycles. The summed E-state index contributed by atoms with van der Waals surface area (Å²) in [5.74, 6) is -1.34. The van der Waals surface area contributed by atoms with Gasteiger partial charge in [-0.1, -0.05) is 34.1 Å². The third-order valence-electron chi connectivity index (χ3n) is 7.19. The average molecular weight is 347 g/mol. The zero-order valence-corrected chi connectivity index (χ0v) is 15.7. The van der Waals surface area contributed by atoms with Crippen molar-refractivity contribution >= 4 is 24.1 Å². The molecule has 2 aliphatic carbocycles. The Morgan fingerprint density at radius 1 is 1.28 bits per heavy atom. The minimum Gasteiger partial charge on any atom is -0.292 e. The van der Waals surface area contributed by atoms with Crippen LogP contribution in [0.2, 0.25) is 0 Å². The number of unbranched alkanes of at least 4 members (excludes halogenated alkanes) is 1. The number of carbonyl (C=O) groups is 3. The summed E-state index contributed by atoms with van der Waals surface area (Å²) in [6, 6.07) is -0.468. The number of nitrogens with zero attached hydrogens (tertiary/aromatic N) is 2. The van der Waals surface area contributed by atoms with Crippen LogP contribution < -0.4 is 5.32 Å². The number of nitrogens with one attached hydrogen (secondary N) is 1. The third-order valence-corrected chi connectivity index (χ3v) is 7.19. The zero-order chi connectivity index (χ0) is 18.4. The van der Waals surface area contributed by atoms with Crippen molar-refractivity contribution in [3.8, 4) is 0 Å². The smallest absolute Gasteiger partial charge is 0.292 e. The second-order valence-electron chi connectivity index (χ2n) is 8.54. The van der Waals surface area contributed by atoms with Crippen molar-refractivity contribution in [2.24, 2.45) is 27.7 Å². The number of rotatable bonds is 5. The van der Waals surface area contributed by atoms with Crippen molar-refractivity contribution in [1.29, 1.82) is 0 Å². The summed E-state index contributed by atoms with van der Waals surface area (Å²) < 4.78 is 0. The standard InChI is InChI=1S/C19H29N3O3/c1-5-6-9-22-16(24)13(15(23)21-17(22)25)11-20-14-10-12-7-8-19(14,4)18(12,2)3/h11-14H,5-10H2,1-4H3,(H,21,23,25)/t12-,13-,14-,19+/m1/s1. The van der Waals surface area contributed by atoms with Crippen molar-refractivity contribution in [2.75, 3.05) is 6.54 Å². The second kappa shape index (κ2) is 6.22. The Morgan fingerprint density at radius 2 is 2.00 bits per heavy atom. The monoisotopic (exact) mass is 347 g/mol. The molecule has 2 saturated carbocycles. The number of aliphatic imine (C=N–C) groups is 1. The quantitative estimate of drug-likeness (QED) is 0.613. The van der Waals surface area contributed by atoms with Gasteiger partial charge in [-0.15, -0.1) is 0 Å². The van der Waals surface area contributed by atoms with Crippen molar-refractivity contribution < 1.29 is 14.4 Å². The maximum atomic E-state index is 12.6. The predicted octanol–water partition coefficient (Wildman–Crippen LogP) is 2.77. The number of hydrogen-bond donors (Lipinski definition) is 1. The average Bonchev–Trinajstić information content (AvgIpc) is 2.87. The van der Waals surface area contributed by atoms with Gasteiger partial charge in [-0.25, -0.2) is 4.79 Å². The van der Waals surface area contributed by atoms with Gasteiger partial charge in [0, 0.05) is 12.8 Å². The maximum absolute atomic E-state index is 12.6. The number of urea groups is 1. The van der Waals surface area contributed by atoms with Gasteiger partial charge in [0.25, 0.3) is 0 Å². The molecule has 0 spiro atoms. The molecule has 3 fully saturated rings. The number of carbonyl (C=O) groups excluding carboxylic acids is 3. The Hall–Kier alpha value is -1.72. The van der Waals surface area contributed by atoms with Crippen molar-refractivity contribution in [3.63, 3.8) is 0 Å². The van der Waals surface area contributed by atoms with E-state index in [1.807, 2.05) is 6.92 Å². The van der Waals surface area contributed by atoms with Crippen LogP contribution in [-0.2, 0) is 9.59 Å². The first kappa shape index (κ1) is 18.1. The molecule has 3 rings (SSSR count). The van der Waals surface area contributed by atoms with Crippen molar-refractivity contribution in [3.05, 3.63) is 0 Å². The first-order chi connectivity index (χ1) is 11.7. The maximum Gasteiger partial charge on any atom is 0.330 e. The van der Waals surface area contributed by atoms with Crippen molar-refractivity contribution in [1.82, 2.24) is 10.2 Å². The van der Waals surface area contributed by atoms with E-state index in [0.29, 0.717) is 12.5 Å². The first-order valence-corrected chi connectivity index (χ1v) is 9.42. The number of amides is 4. The van der Waals surface area contributed by atoms with Gasteiger partial charge in [0.1, 0.15) is 0 Å². The Labute approximate surface area is 149 Å². The molecule has 6 nitrogen and oxygen atoms in total. The van der Waals surface area contributed by atoms with E-state index in [9.17, 15) is 14.4 Å². The molecule has 1 heterocycles. The molecule has 3 aliphatic rings. The van der Waals surface area contributed by atoms with E-state index in [0.717, 1.165) is 30.6 Å². The van der Waals surface area contributed by atoms with Crippen LogP contribution in [-0.4, -0.2) is 41.5 Å². The minimum atomic E-state index is -0.986. The van der Waals surface area contributed by atoms with Gasteiger partial charge in [0.05, 0.1) is 6.04 Å². The highest BCUT2D eigenvalue weighted by molar-refractivity contribution is 6.23. The summed E-state index contributed by atoms with van der Waals surface area (Å²) >= 11 is 0. The Kier molecular flexibility index (Phi) is 4.50. The van der Waals surface area contributed by atoms with Gasteiger partial charge in [-0.2, -0.15) is 0 Å². The molecule has 4 atom stereocenters. The predicted molar refractivity (Wildman–Crippen MR) is 95.2 cm³/mol. The Morgan fingerprint density at radius 3 is 2.56 bits per heavy atom. The third kappa shape index (κ3) is 2.70. The van der Waals surface area contributed by atoms with E-state index in [-0.39, 0.29) is 16.9 Å². The summed E-state index contributed by atoms with van der Waals surface area (Å²) in [5, 5.41) is 2.29. The lowest BCUT2D eigenvalue weighted by Gasteiger charge is -2.37. The van der Waals surface area contributed by atoms with Crippen LogP contribution in [0.15, 0.2) is 4.99 Å². The lowest BCUT2D eigenvalue weighted by Crippen LogP contribution is -2.58. The van der Waals surface area contributed by atoms with Crippen LogP contribution in [0.1, 0.15) is 59.8 Å². The van der Waals surface area contributed by atoms with E-state index >= 15 is 0 Å². The normalized spacial score (nSPS) is 37.2. The molecule has 138 valence electrons. The van der Waals surface area contributed by atoms with Gasteiger partial charge >= 0.3 is 6.03 Å². The largest absolute Gasteiger partial charge is 0.330 e. The molecule has 0 aromatic carbocycles. The second-order valence-corrected chi connectivity index (χ2v) is 8.54. The van der Waals surface area contributed by atoms with Crippen LogP contribution in [0.5, 0.6) is 0 Å². The van der Waals surface area contributed by atoms with E-state index in [1.165, 1.54) is 12.6 Å². The molecule has 0 aromatic heterocycles. The van der Waals surface area contributed by atoms with E-state index < -0.39 is 23.8 Å². The van der Waals surface area contributed by atoms with Gasteiger partial charge in [-0.05, 0) is 42.4 Å². The van der Waals surface area contributed by atoms with Gasteiger partial charge in [0.15, 0.2) is 5.92 Å². The molecule has 6 heteroatoms. The first-order valence-electron chi connectivity index (χ1n) is 9.42. The fourth-order valence-electron chi connectivity index (χ4n) is 4.87. The number of barbiturate groups is 1. The summed E-state index contributed by atoms with van der Waals surface area (Å²) in [4.78, 5) is 42.4. The highest BCUT2D eigenvalue weighted by Gasteiger charge is 2.61. The van der Waals surface area contributed by atoms with Gasteiger partial charge in [0.2, 0.25) is 11.8 Å². The number of imide groups is 2. The molecule has 4 amide bonds. The molecule has 0 radical (unpaired) electrons. The van der Waals surface area contributed by atoms with E-state index in [1.54, 1.807) is 0 Å². The summed E-state index contributed by atoms with van der Waals surface area (Å²) in [5.41, 5.74) is 0.344. The lowest BCUT2D eigenvalue weighted by atomic mass is 9.69. The molecular weight excluding hydrogens is 318 g/mol. The summed E-state index contributed by atoms with van der Waals surface area (Å²) in [6.45, 7) is 9.23. The molecule has 25 heavy (non-hydrogen) atoms. The Balaban J connectivity index is 1.75. The zero-order valence-electron chi connectivity index (χ0n) is 15.7.